The normalized spacial score (nSPS) is 14.3. The highest BCUT2D eigenvalue weighted by atomic mass is 35.5. The summed E-state index contributed by atoms with van der Waals surface area (Å²) in [4.78, 5) is 18.1. The molecule has 2 heterocycles. The monoisotopic (exact) mass is 578 g/mol. The average molecular weight is 579 g/mol. The van der Waals surface area contributed by atoms with Crippen LogP contribution in [0.1, 0.15) is 22.3 Å². The van der Waals surface area contributed by atoms with Crippen LogP contribution in [0.2, 0.25) is 5.02 Å². The van der Waals surface area contributed by atoms with Crippen molar-refractivity contribution in [2.45, 2.75) is 19.5 Å². The molecule has 41 heavy (non-hydrogen) atoms. The molecule has 3 aromatic carbocycles. The van der Waals surface area contributed by atoms with Gasteiger partial charge in [0.1, 0.15) is 23.9 Å². The van der Waals surface area contributed by atoms with Crippen LogP contribution in [-0.2, 0) is 13.1 Å². The standard InChI is InChI=1S/C32H36ClFN4O3/c1-40-30-8-3-7-28-29(32(39)35-22-24-5-2-6-26(34)21-24)23-38(31(28)30)14-4-13-36-15-17-37(18-16-36)19-20-41-27-11-9-25(33)10-12-27/h2-3,5-12,21,23H,4,13-20,22H2,1H3,(H,35,39). The van der Waals surface area contributed by atoms with Crippen molar-refractivity contribution < 1.29 is 18.7 Å². The molecular weight excluding hydrogens is 543 g/mol. The summed E-state index contributed by atoms with van der Waals surface area (Å²) >= 11 is 5.94. The molecule has 0 saturated carbocycles. The van der Waals surface area contributed by atoms with E-state index in [9.17, 15) is 9.18 Å². The Balaban J connectivity index is 1.13. The number of rotatable bonds is 12. The topological polar surface area (TPSA) is 59.0 Å². The van der Waals surface area contributed by atoms with Gasteiger partial charge in [0.25, 0.3) is 5.91 Å². The van der Waals surface area contributed by atoms with Crippen LogP contribution in [-0.4, -0.2) is 73.3 Å². The first-order valence-electron chi connectivity index (χ1n) is 14.0. The van der Waals surface area contributed by atoms with Gasteiger partial charge < -0.3 is 24.3 Å². The van der Waals surface area contributed by atoms with Crippen molar-refractivity contribution in [2.75, 3.05) is 53.0 Å². The largest absolute Gasteiger partial charge is 0.495 e. The van der Waals surface area contributed by atoms with E-state index in [-0.39, 0.29) is 18.3 Å². The summed E-state index contributed by atoms with van der Waals surface area (Å²) in [6.07, 6.45) is 2.86. The molecule has 0 bridgehead atoms. The van der Waals surface area contributed by atoms with Crippen molar-refractivity contribution >= 4 is 28.4 Å². The number of benzene rings is 3. The van der Waals surface area contributed by atoms with Gasteiger partial charge in [-0.15, -0.1) is 0 Å². The molecule has 7 nitrogen and oxygen atoms in total. The number of piperazine rings is 1. The highest BCUT2D eigenvalue weighted by molar-refractivity contribution is 6.30. The van der Waals surface area contributed by atoms with Crippen molar-refractivity contribution in [3.63, 3.8) is 0 Å². The van der Waals surface area contributed by atoms with Crippen LogP contribution in [0.4, 0.5) is 4.39 Å². The maximum absolute atomic E-state index is 13.6. The molecule has 1 amide bonds. The quantitative estimate of drug-likeness (QED) is 0.242. The summed E-state index contributed by atoms with van der Waals surface area (Å²) in [5.74, 6) is 1.07. The van der Waals surface area contributed by atoms with Crippen molar-refractivity contribution in [3.8, 4) is 11.5 Å². The number of halogens is 2. The first-order chi connectivity index (χ1) is 20.0. The molecule has 9 heteroatoms. The molecule has 1 N–H and O–H groups in total. The number of amides is 1. The minimum atomic E-state index is -0.317. The number of fused-ring (bicyclic) bond motifs is 1. The van der Waals surface area contributed by atoms with Gasteiger partial charge >= 0.3 is 0 Å². The van der Waals surface area contributed by atoms with Crippen molar-refractivity contribution in [2.24, 2.45) is 0 Å². The molecule has 1 fully saturated rings. The van der Waals surface area contributed by atoms with E-state index in [4.69, 9.17) is 21.1 Å². The summed E-state index contributed by atoms with van der Waals surface area (Å²) in [5.41, 5.74) is 2.22. The summed E-state index contributed by atoms with van der Waals surface area (Å²) in [7, 11) is 1.65. The number of nitrogens with one attached hydrogen (secondary N) is 1. The van der Waals surface area contributed by atoms with E-state index in [1.54, 1.807) is 19.2 Å². The van der Waals surface area contributed by atoms with Gasteiger partial charge in [0.15, 0.2) is 0 Å². The average Bonchev–Trinajstić information content (AvgIpc) is 3.37. The van der Waals surface area contributed by atoms with E-state index >= 15 is 0 Å². The molecule has 1 saturated heterocycles. The molecule has 0 radical (unpaired) electrons. The Morgan fingerprint density at radius 3 is 2.41 bits per heavy atom. The molecule has 1 aliphatic heterocycles. The third kappa shape index (κ3) is 7.58. The van der Waals surface area contributed by atoms with Crippen molar-refractivity contribution in [3.05, 3.63) is 94.9 Å². The lowest BCUT2D eigenvalue weighted by Gasteiger charge is -2.34. The van der Waals surface area contributed by atoms with Gasteiger partial charge in [-0.1, -0.05) is 35.9 Å². The van der Waals surface area contributed by atoms with Crippen LogP contribution in [0.3, 0.4) is 0 Å². The van der Waals surface area contributed by atoms with Gasteiger partial charge in [0.05, 0.1) is 18.2 Å². The first kappa shape index (κ1) is 28.9. The summed E-state index contributed by atoms with van der Waals surface area (Å²) in [6.45, 7) is 7.62. The fourth-order valence-corrected chi connectivity index (χ4v) is 5.42. The highest BCUT2D eigenvalue weighted by Gasteiger charge is 2.19. The summed E-state index contributed by atoms with van der Waals surface area (Å²) in [6, 6.07) is 19.5. The summed E-state index contributed by atoms with van der Waals surface area (Å²) < 4.78 is 27.2. The Bertz CT molecular complexity index is 1450. The predicted molar refractivity (Wildman–Crippen MR) is 161 cm³/mol. The van der Waals surface area contributed by atoms with Crippen LogP contribution in [0.15, 0.2) is 72.9 Å². The van der Waals surface area contributed by atoms with Gasteiger partial charge in [-0.3, -0.25) is 9.69 Å². The Morgan fingerprint density at radius 1 is 0.951 bits per heavy atom. The minimum Gasteiger partial charge on any atom is -0.495 e. The van der Waals surface area contributed by atoms with Crippen LogP contribution in [0.25, 0.3) is 10.9 Å². The number of hydrogen-bond donors (Lipinski definition) is 1. The Labute approximate surface area is 245 Å². The predicted octanol–water partition coefficient (Wildman–Crippen LogP) is 5.46. The van der Waals surface area contributed by atoms with Crippen LogP contribution < -0.4 is 14.8 Å². The van der Waals surface area contributed by atoms with E-state index in [1.807, 2.05) is 48.7 Å². The number of aromatic nitrogens is 1. The van der Waals surface area contributed by atoms with E-state index in [2.05, 4.69) is 19.7 Å². The minimum absolute atomic E-state index is 0.192. The number of carbonyl (C=O) groups is 1. The second-order valence-electron chi connectivity index (χ2n) is 10.2. The Kier molecular flexibility index (Phi) is 9.77. The Hall–Kier alpha value is -3.59. The summed E-state index contributed by atoms with van der Waals surface area (Å²) in [5, 5.41) is 4.49. The lowest BCUT2D eigenvalue weighted by atomic mass is 10.1. The van der Waals surface area contributed by atoms with Crippen LogP contribution in [0.5, 0.6) is 11.5 Å². The first-order valence-corrected chi connectivity index (χ1v) is 14.4. The van der Waals surface area contributed by atoms with Crippen LogP contribution in [0, 0.1) is 5.82 Å². The molecule has 1 aromatic heterocycles. The third-order valence-corrected chi connectivity index (χ3v) is 7.75. The number of nitrogens with zero attached hydrogens (tertiary/aromatic N) is 3. The van der Waals surface area contributed by atoms with Gasteiger partial charge in [-0.05, 0) is 61.0 Å². The molecule has 1 aliphatic rings. The second kappa shape index (κ2) is 13.9. The Morgan fingerprint density at radius 2 is 1.68 bits per heavy atom. The van der Waals surface area contributed by atoms with Gasteiger partial charge in [-0.2, -0.15) is 0 Å². The molecular formula is C32H36ClFN4O3. The number of para-hydroxylation sites is 1. The van der Waals surface area contributed by atoms with Gasteiger partial charge in [0.2, 0.25) is 0 Å². The fourth-order valence-electron chi connectivity index (χ4n) is 5.30. The van der Waals surface area contributed by atoms with Crippen molar-refractivity contribution in [1.82, 2.24) is 19.7 Å². The molecule has 5 rings (SSSR count). The van der Waals surface area contributed by atoms with E-state index in [0.29, 0.717) is 22.8 Å². The van der Waals surface area contributed by atoms with E-state index in [1.165, 1.54) is 12.1 Å². The molecule has 0 unspecified atom stereocenters. The van der Waals surface area contributed by atoms with Crippen molar-refractivity contribution in [1.29, 1.82) is 0 Å². The fraction of sp³-hybridized carbons (Fsp3) is 0.344. The van der Waals surface area contributed by atoms with Gasteiger partial charge in [-0.25, -0.2) is 4.39 Å². The zero-order valence-electron chi connectivity index (χ0n) is 23.3. The zero-order chi connectivity index (χ0) is 28.6. The number of methoxy groups -OCH3 is 1. The van der Waals surface area contributed by atoms with Gasteiger partial charge in [0, 0.05) is 62.4 Å². The molecule has 4 aromatic rings. The highest BCUT2D eigenvalue weighted by Crippen LogP contribution is 2.30. The second-order valence-corrected chi connectivity index (χ2v) is 10.7. The number of hydrogen-bond acceptors (Lipinski definition) is 5. The maximum atomic E-state index is 13.6. The number of carbonyl (C=O) groups excluding carboxylic acids is 1. The zero-order valence-corrected chi connectivity index (χ0v) is 24.1. The molecule has 216 valence electrons. The van der Waals surface area contributed by atoms with Crippen LogP contribution >= 0.6 is 11.6 Å². The molecule has 0 atom stereocenters. The van der Waals surface area contributed by atoms with E-state index < -0.39 is 0 Å². The lowest BCUT2D eigenvalue weighted by Crippen LogP contribution is -2.47. The molecule has 0 aliphatic carbocycles. The number of ether oxygens (including phenoxy) is 2. The third-order valence-electron chi connectivity index (χ3n) is 7.50. The smallest absolute Gasteiger partial charge is 0.253 e. The number of aryl methyl sites for hydroxylation is 1. The SMILES string of the molecule is COc1cccc2c(C(=O)NCc3cccc(F)c3)cn(CCCN3CCN(CCOc4ccc(Cl)cc4)CC3)c12. The maximum Gasteiger partial charge on any atom is 0.253 e. The molecule has 0 spiro atoms. The lowest BCUT2D eigenvalue weighted by molar-refractivity contribution is 0.0952. The van der Waals surface area contributed by atoms with E-state index in [0.717, 1.165) is 74.6 Å².